The summed E-state index contributed by atoms with van der Waals surface area (Å²) in [6, 6.07) is -0.836. The second-order valence-corrected chi connectivity index (χ2v) is 4.84. The van der Waals surface area contributed by atoms with E-state index in [2.05, 4.69) is 4.74 Å². The Labute approximate surface area is 119 Å². The normalized spacial score (nSPS) is 19.8. The van der Waals surface area contributed by atoms with E-state index in [-0.39, 0.29) is 12.8 Å². The lowest BCUT2D eigenvalue weighted by molar-refractivity contribution is -0.150. The second-order valence-electron chi connectivity index (χ2n) is 4.84. The Morgan fingerprint density at radius 1 is 1.33 bits per heavy atom. The van der Waals surface area contributed by atoms with Crippen molar-refractivity contribution in [2.75, 3.05) is 7.11 Å². The molecule has 0 aliphatic carbocycles. The number of methoxy groups -OCH3 is 1. The minimum absolute atomic E-state index is 0.0918. The average molecular weight is 301 g/mol. The third kappa shape index (κ3) is 2.72. The average Bonchev–Trinajstić information content (AvgIpc) is 2.78. The van der Waals surface area contributed by atoms with Gasteiger partial charge in [-0.2, -0.15) is 0 Å². The quantitative estimate of drug-likeness (QED) is 0.805. The van der Waals surface area contributed by atoms with Gasteiger partial charge in [0.25, 0.3) is 0 Å². The van der Waals surface area contributed by atoms with Crippen LogP contribution < -0.4 is 0 Å². The Bertz CT molecular complexity index is 568. The molecule has 0 aromatic heterocycles. The molecule has 1 heterocycles. The number of carbonyl (C=O) groups is 2. The van der Waals surface area contributed by atoms with E-state index in [0.717, 1.165) is 4.90 Å². The lowest BCUT2D eigenvalue weighted by Crippen LogP contribution is -2.41. The Morgan fingerprint density at radius 2 is 1.90 bits per heavy atom. The fourth-order valence-electron chi connectivity index (χ4n) is 2.65. The topological polar surface area (TPSA) is 46.6 Å². The molecule has 0 bridgehead atoms. The van der Waals surface area contributed by atoms with Gasteiger partial charge in [0.05, 0.1) is 13.2 Å². The van der Waals surface area contributed by atoms with Gasteiger partial charge >= 0.3 is 5.97 Å². The molecule has 114 valence electrons. The van der Waals surface area contributed by atoms with Crippen LogP contribution in [-0.4, -0.2) is 29.9 Å². The zero-order valence-electron chi connectivity index (χ0n) is 11.5. The van der Waals surface area contributed by atoms with Crippen LogP contribution in [0, 0.1) is 17.5 Å². The van der Waals surface area contributed by atoms with Crippen molar-refractivity contribution in [3.63, 3.8) is 0 Å². The maximum Gasteiger partial charge on any atom is 0.328 e. The number of esters is 1. The number of carbonyl (C=O) groups excluding carboxylic acids is 2. The number of rotatable bonds is 3. The minimum atomic E-state index is -1.09. The monoisotopic (exact) mass is 301 g/mol. The summed E-state index contributed by atoms with van der Waals surface area (Å²) in [5.74, 6) is -4.28. The molecule has 7 heteroatoms. The SMILES string of the molecule is COC(=O)C1CCC(=O)N1C(C)c1c(F)cc(F)cc1F. The molecular formula is C14H14F3NO3. The van der Waals surface area contributed by atoms with Gasteiger partial charge in [-0.25, -0.2) is 18.0 Å². The molecule has 21 heavy (non-hydrogen) atoms. The Balaban J connectivity index is 2.40. The van der Waals surface area contributed by atoms with Gasteiger partial charge in [-0.1, -0.05) is 0 Å². The summed E-state index contributed by atoms with van der Waals surface area (Å²) >= 11 is 0. The second kappa shape index (κ2) is 5.75. The van der Waals surface area contributed by atoms with E-state index in [9.17, 15) is 22.8 Å². The van der Waals surface area contributed by atoms with Crippen LogP contribution in [0.2, 0.25) is 0 Å². The van der Waals surface area contributed by atoms with E-state index >= 15 is 0 Å². The van der Waals surface area contributed by atoms with Crippen LogP contribution in [0.5, 0.6) is 0 Å². The van der Waals surface area contributed by atoms with E-state index in [1.807, 2.05) is 0 Å². The predicted octanol–water partition coefficient (Wildman–Crippen LogP) is 2.33. The van der Waals surface area contributed by atoms with Crippen LogP contribution in [0.3, 0.4) is 0 Å². The lowest BCUT2D eigenvalue weighted by atomic mass is 10.0. The van der Waals surface area contributed by atoms with E-state index in [0.29, 0.717) is 12.1 Å². The molecule has 1 aliphatic rings. The third-order valence-electron chi connectivity index (χ3n) is 3.61. The maximum absolute atomic E-state index is 13.8. The fourth-order valence-corrected chi connectivity index (χ4v) is 2.65. The molecule has 1 aromatic carbocycles. The van der Waals surface area contributed by atoms with Crippen molar-refractivity contribution in [1.82, 2.24) is 4.90 Å². The summed E-state index contributed by atoms with van der Waals surface area (Å²) in [5.41, 5.74) is -0.444. The number of nitrogens with zero attached hydrogens (tertiary/aromatic N) is 1. The highest BCUT2D eigenvalue weighted by Crippen LogP contribution is 2.33. The number of benzene rings is 1. The van der Waals surface area contributed by atoms with E-state index in [4.69, 9.17) is 0 Å². The maximum atomic E-state index is 13.8. The van der Waals surface area contributed by atoms with Gasteiger partial charge in [0, 0.05) is 24.1 Å². The molecule has 1 saturated heterocycles. The minimum Gasteiger partial charge on any atom is -0.467 e. The van der Waals surface area contributed by atoms with E-state index < -0.39 is 47.0 Å². The standard InChI is InChI=1S/C14H14F3NO3/c1-7(13-9(16)5-8(15)6-10(13)17)18-11(14(20)21-2)3-4-12(18)19/h5-7,11H,3-4H2,1-2H3. The first-order chi connectivity index (χ1) is 9.86. The lowest BCUT2D eigenvalue weighted by Gasteiger charge is -2.30. The van der Waals surface area contributed by atoms with Crippen molar-refractivity contribution in [2.45, 2.75) is 31.8 Å². The van der Waals surface area contributed by atoms with Gasteiger partial charge < -0.3 is 9.64 Å². The van der Waals surface area contributed by atoms with Crippen LogP contribution in [0.4, 0.5) is 13.2 Å². The van der Waals surface area contributed by atoms with Crippen LogP contribution in [-0.2, 0) is 14.3 Å². The summed E-state index contributed by atoms with van der Waals surface area (Å²) in [4.78, 5) is 24.7. The van der Waals surface area contributed by atoms with Gasteiger partial charge in [0.15, 0.2) is 0 Å². The van der Waals surface area contributed by atoms with Crippen LogP contribution in [0.1, 0.15) is 31.4 Å². The van der Waals surface area contributed by atoms with Gasteiger partial charge in [0.1, 0.15) is 23.5 Å². The van der Waals surface area contributed by atoms with Crippen molar-refractivity contribution < 1.29 is 27.5 Å². The smallest absolute Gasteiger partial charge is 0.328 e. The number of hydrogen-bond donors (Lipinski definition) is 0. The molecule has 2 rings (SSSR count). The zero-order valence-corrected chi connectivity index (χ0v) is 11.5. The molecular weight excluding hydrogens is 287 g/mol. The highest BCUT2D eigenvalue weighted by molar-refractivity contribution is 5.88. The summed E-state index contributed by atoms with van der Waals surface area (Å²) in [5, 5.41) is 0. The summed E-state index contributed by atoms with van der Waals surface area (Å²) < 4.78 is 45.2. The van der Waals surface area contributed by atoms with Crippen molar-refractivity contribution in [2.24, 2.45) is 0 Å². The molecule has 1 aromatic rings. The zero-order chi connectivity index (χ0) is 15.7. The number of likely N-dealkylation sites (tertiary alicyclic amines) is 1. The Morgan fingerprint density at radius 3 is 2.43 bits per heavy atom. The summed E-state index contributed by atoms with van der Waals surface area (Å²) in [6.07, 6.45) is 0.314. The van der Waals surface area contributed by atoms with E-state index in [1.165, 1.54) is 14.0 Å². The van der Waals surface area contributed by atoms with E-state index in [1.54, 1.807) is 0 Å². The largest absolute Gasteiger partial charge is 0.467 e. The molecule has 2 atom stereocenters. The first kappa shape index (κ1) is 15.3. The molecule has 1 aliphatic heterocycles. The van der Waals surface area contributed by atoms with Gasteiger partial charge in [-0.15, -0.1) is 0 Å². The fraction of sp³-hybridized carbons (Fsp3) is 0.429. The molecule has 0 N–H and O–H groups in total. The highest BCUT2D eigenvalue weighted by Gasteiger charge is 2.41. The van der Waals surface area contributed by atoms with Gasteiger partial charge in [-0.3, -0.25) is 4.79 Å². The van der Waals surface area contributed by atoms with Crippen LogP contribution in [0.25, 0.3) is 0 Å². The number of halogens is 3. The first-order valence-corrected chi connectivity index (χ1v) is 6.40. The predicted molar refractivity (Wildman–Crippen MR) is 66.6 cm³/mol. The molecule has 0 saturated carbocycles. The summed E-state index contributed by atoms with van der Waals surface area (Å²) in [7, 11) is 1.17. The molecule has 2 unspecified atom stereocenters. The first-order valence-electron chi connectivity index (χ1n) is 6.40. The van der Waals surface area contributed by atoms with Crippen molar-refractivity contribution in [1.29, 1.82) is 0 Å². The van der Waals surface area contributed by atoms with Crippen LogP contribution in [0.15, 0.2) is 12.1 Å². The highest BCUT2D eigenvalue weighted by atomic mass is 19.1. The third-order valence-corrected chi connectivity index (χ3v) is 3.61. The number of hydrogen-bond acceptors (Lipinski definition) is 3. The molecule has 0 spiro atoms. The van der Waals surface area contributed by atoms with Crippen LogP contribution >= 0.6 is 0 Å². The Kier molecular flexibility index (Phi) is 4.20. The number of ether oxygens (including phenoxy) is 1. The molecule has 1 amide bonds. The van der Waals surface area contributed by atoms with Gasteiger partial charge in [0.2, 0.25) is 5.91 Å². The number of amides is 1. The van der Waals surface area contributed by atoms with Crippen molar-refractivity contribution in [3.05, 3.63) is 35.1 Å². The van der Waals surface area contributed by atoms with Crippen molar-refractivity contribution >= 4 is 11.9 Å². The Hall–Kier alpha value is -2.05. The molecule has 4 nitrogen and oxygen atoms in total. The summed E-state index contributed by atoms with van der Waals surface area (Å²) in [6.45, 7) is 1.39. The molecule has 1 fully saturated rings. The molecule has 0 radical (unpaired) electrons. The van der Waals surface area contributed by atoms with Crippen molar-refractivity contribution in [3.8, 4) is 0 Å². The van der Waals surface area contributed by atoms with Gasteiger partial charge in [-0.05, 0) is 13.3 Å².